The summed E-state index contributed by atoms with van der Waals surface area (Å²) in [5.41, 5.74) is 0. The Morgan fingerprint density at radius 1 is 0.690 bits per heavy atom. The fourth-order valence-corrected chi connectivity index (χ4v) is 11.8. The lowest BCUT2D eigenvalue weighted by atomic mass is 10.3. The molecule has 9 heteroatoms. The Hall–Kier alpha value is 0.154. The molecule has 0 bridgehead atoms. The van der Waals surface area contributed by atoms with Crippen molar-refractivity contribution in [3.63, 3.8) is 0 Å². The number of aliphatic hydroxyl groups excluding tert-OH is 2. The van der Waals surface area contributed by atoms with Crippen LogP contribution in [0.5, 0.6) is 0 Å². The highest BCUT2D eigenvalue weighted by Gasteiger charge is 2.32. The van der Waals surface area contributed by atoms with E-state index in [9.17, 15) is 10.2 Å². The van der Waals surface area contributed by atoms with Crippen molar-refractivity contribution in [2.24, 2.45) is 0 Å². The van der Waals surface area contributed by atoms with Crippen LogP contribution in [0.2, 0.25) is 38.3 Å². The highest BCUT2D eigenvalue weighted by molar-refractivity contribution is 6.84. The van der Waals surface area contributed by atoms with Gasteiger partial charge in [0, 0.05) is 20.3 Å². The quantitative estimate of drug-likeness (QED) is 0.216. The molecular weight excluding hydrogens is 408 g/mol. The first-order chi connectivity index (χ1) is 13.6. The van der Waals surface area contributed by atoms with Gasteiger partial charge < -0.3 is 33.3 Å². The molecule has 0 aliphatic heterocycles. The zero-order chi connectivity index (χ0) is 22.2. The Kier molecular flexibility index (Phi) is 16.9. The molecule has 0 aliphatic rings. The summed E-state index contributed by atoms with van der Waals surface area (Å²) in [6.45, 7) is 14.4. The lowest BCUT2D eigenvalue weighted by Crippen LogP contribution is -2.44. The van der Waals surface area contributed by atoms with Gasteiger partial charge in [0.05, 0.1) is 39.1 Å². The van der Waals surface area contributed by atoms with Gasteiger partial charge in [0.25, 0.3) is 0 Å². The normalized spacial score (nSPS) is 14.9. The monoisotopic (exact) mass is 454 g/mol. The van der Waals surface area contributed by atoms with E-state index in [1.807, 2.05) is 6.92 Å². The number of hydrogen-bond acceptors (Lipinski definition) is 7. The van der Waals surface area contributed by atoms with E-state index in [0.717, 1.165) is 31.4 Å². The zero-order valence-corrected chi connectivity index (χ0v) is 21.6. The zero-order valence-electron chi connectivity index (χ0n) is 19.6. The maximum absolute atomic E-state index is 9.80. The van der Waals surface area contributed by atoms with Crippen LogP contribution in [-0.4, -0.2) is 92.4 Å². The van der Waals surface area contributed by atoms with E-state index < -0.39 is 22.7 Å². The third-order valence-corrected chi connectivity index (χ3v) is 12.1. The third kappa shape index (κ3) is 18.6. The van der Waals surface area contributed by atoms with Crippen LogP contribution in [0.15, 0.2) is 0 Å². The van der Waals surface area contributed by atoms with Gasteiger partial charge in [-0.2, -0.15) is 0 Å². The predicted molar refractivity (Wildman–Crippen MR) is 122 cm³/mol. The number of rotatable bonds is 20. The second-order valence-corrected chi connectivity index (χ2v) is 17.6. The summed E-state index contributed by atoms with van der Waals surface area (Å²) in [6.07, 6.45) is 1.70. The van der Waals surface area contributed by atoms with Crippen molar-refractivity contribution in [2.45, 2.75) is 76.7 Å². The van der Waals surface area contributed by atoms with Crippen LogP contribution in [0.4, 0.5) is 0 Å². The van der Waals surface area contributed by atoms with Gasteiger partial charge in [-0.25, -0.2) is 0 Å². The average molecular weight is 455 g/mol. The van der Waals surface area contributed by atoms with E-state index in [4.69, 9.17) is 23.1 Å². The maximum Gasteiger partial charge on any atom is 0.173 e. The fourth-order valence-electron chi connectivity index (χ4n) is 3.02. The highest BCUT2D eigenvalue weighted by Crippen LogP contribution is 2.23. The molecule has 0 saturated heterocycles. The molecule has 0 saturated carbocycles. The van der Waals surface area contributed by atoms with Crippen LogP contribution >= 0.6 is 0 Å². The minimum absolute atomic E-state index is 0.271. The molecular formula is C20H46O7Si2. The molecule has 0 spiro atoms. The van der Waals surface area contributed by atoms with Crippen LogP contribution in [0.3, 0.4) is 0 Å². The van der Waals surface area contributed by atoms with Gasteiger partial charge in [-0.1, -0.05) is 6.92 Å². The summed E-state index contributed by atoms with van der Waals surface area (Å²) >= 11 is 0. The van der Waals surface area contributed by atoms with Crippen molar-refractivity contribution < 1.29 is 33.3 Å². The minimum atomic E-state index is -1.74. The molecule has 0 aliphatic carbocycles. The van der Waals surface area contributed by atoms with Crippen LogP contribution in [0.1, 0.15) is 26.2 Å². The number of ether oxygens (including phenoxy) is 4. The molecule has 2 N–H and O–H groups in total. The highest BCUT2D eigenvalue weighted by atomic mass is 28.4. The van der Waals surface area contributed by atoms with E-state index in [-0.39, 0.29) is 12.7 Å². The minimum Gasteiger partial charge on any atom is -0.455 e. The van der Waals surface area contributed by atoms with Gasteiger partial charge in [0.15, 0.2) is 16.6 Å². The summed E-state index contributed by atoms with van der Waals surface area (Å²) in [6, 6.07) is 2.11. The lowest BCUT2D eigenvalue weighted by Gasteiger charge is -2.34. The predicted octanol–water partition coefficient (Wildman–Crippen LogP) is 3.02. The number of aliphatic hydroxyl groups is 2. The first-order valence-electron chi connectivity index (χ1n) is 10.9. The molecule has 0 aromatic carbocycles. The van der Waals surface area contributed by atoms with E-state index in [2.05, 4.69) is 26.2 Å². The lowest BCUT2D eigenvalue weighted by molar-refractivity contribution is -0.0281. The summed E-state index contributed by atoms with van der Waals surface area (Å²) in [5.74, 6) is 0. The molecule has 2 atom stereocenters. The van der Waals surface area contributed by atoms with E-state index >= 15 is 0 Å². The number of methoxy groups -OCH3 is 1. The van der Waals surface area contributed by atoms with Gasteiger partial charge in [-0.15, -0.1) is 0 Å². The van der Waals surface area contributed by atoms with Crippen LogP contribution in [0, 0.1) is 0 Å². The van der Waals surface area contributed by atoms with E-state index in [1.54, 1.807) is 7.11 Å². The molecule has 7 nitrogen and oxygen atoms in total. The van der Waals surface area contributed by atoms with Crippen LogP contribution in [0.25, 0.3) is 0 Å². The van der Waals surface area contributed by atoms with Crippen molar-refractivity contribution in [2.75, 3.05) is 53.4 Å². The second-order valence-electron chi connectivity index (χ2n) is 8.76. The van der Waals surface area contributed by atoms with Gasteiger partial charge in [-0.3, -0.25) is 0 Å². The topological polar surface area (TPSA) is 86.6 Å². The maximum atomic E-state index is 9.80. The van der Waals surface area contributed by atoms with E-state index in [0.29, 0.717) is 39.6 Å². The van der Waals surface area contributed by atoms with Crippen molar-refractivity contribution in [1.29, 1.82) is 0 Å². The first-order valence-corrected chi connectivity index (χ1v) is 17.1. The molecule has 0 rings (SSSR count). The van der Waals surface area contributed by atoms with Gasteiger partial charge >= 0.3 is 0 Å². The van der Waals surface area contributed by atoms with Gasteiger partial charge in [0.1, 0.15) is 6.10 Å². The first kappa shape index (κ1) is 29.2. The Morgan fingerprint density at radius 2 is 1.14 bits per heavy atom. The molecule has 0 fully saturated rings. The molecule has 0 aromatic rings. The summed E-state index contributed by atoms with van der Waals surface area (Å²) < 4.78 is 27.9. The fraction of sp³-hybridized carbons (Fsp3) is 1.00. The SMILES string of the molecule is CCC(O)COCCC[Si](C)(C)O[Si](C)(C)CCCOCC(O)COCCOC. The molecule has 0 heterocycles. The number of hydrogen-bond donors (Lipinski definition) is 2. The van der Waals surface area contributed by atoms with Crippen LogP contribution < -0.4 is 0 Å². The smallest absolute Gasteiger partial charge is 0.173 e. The van der Waals surface area contributed by atoms with Crippen LogP contribution in [-0.2, 0) is 23.1 Å². The second kappa shape index (κ2) is 16.8. The Labute approximate surface area is 180 Å². The average Bonchev–Trinajstić information content (AvgIpc) is 2.63. The molecule has 2 unspecified atom stereocenters. The van der Waals surface area contributed by atoms with Crippen molar-refractivity contribution in [1.82, 2.24) is 0 Å². The van der Waals surface area contributed by atoms with Gasteiger partial charge in [-0.05, 0) is 57.5 Å². The Balaban J connectivity index is 3.86. The Bertz CT molecular complexity index is 384. The molecule has 0 aromatic heterocycles. The summed E-state index contributed by atoms with van der Waals surface area (Å²) in [5, 5.41) is 19.3. The Morgan fingerprint density at radius 3 is 1.59 bits per heavy atom. The third-order valence-electron chi connectivity index (χ3n) is 4.52. The molecule has 0 radical (unpaired) electrons. The molecule has 29 heavy (non-hydrogen) atoms. The molecule has 176 valence electrons. The van der Waals surface area contributed by atoms with Crippen molar-refractivity contribution in [3.8, 4) is 0 Å². The standard InChI is InChI=1S/C20H46O7Si2/c1-7-19(21)16-24-10-8-14-28(3,4)27-29(5,6)15-9-11-25-17-20(22)18-26-13-12-23-2/h19-22H,7-18H2,1-6H3. The molecule has 0 amide bonds. The summed E-state index contributed by atoms with van der Waals surface area (Å²) in [4.78, 5) is 0. The largest absolute Gasteiger partial charge is 0.455 e. The van der Waals surface area contributed by atoms with E-state index in [1.165, 1.54) is 0 Å². The van der Waals surface area contributed by atoms with Crippen molar-refractivity contribution in [3.05, 3.63) is 0 Å². The summed E-state index contributed by atoms with van der Waals surface area (Å²) in [7, 11) is -1.84. The van der Waals surface area contributed by atoms with Gasteiger partial charge in [0.2, 0.25) is 0 Å². The van der Waals surface area contributed by atoms with Crippen molar-refractivity contribution >= 4 is 16.6 Å².